The summed E-state index contributed by atoms with van der Waals surface area (Å²) in [4.78, 5) is 28.2. The Morgan fingerprint density at radius 2 is 1.92 bits per heavy atom. The lowest BCUT2D eigenvalue weighted by Gasteiger charge is -2.25. The van der Waals surface area contributed by atoms with Crippen LogP contribution in [0.15, 0.2) is 24.5 Å². The first-order valence-electron chi connectivity index (χ1n) is 7.99. The Kier molecular flexibility index (Phi) is 3.69. The van der Waals surface area contributed by atoms with Crippen LogP contribution in [0.1, 0.15) is 15.9 Å². The molecule has 0 aliphatic carbocycles. The molecule has 2 aliphatic heterocycles. The summed E-state index contributed by atoms with van der Waals surface area (Å²) >= 11 is 0. The monoisotopic (exact) mass is 342 g/mol. The Labute approximate surface area is 144 Å². The Hall–Kier alpha value is -2.87. The number of rotatable bonds is 4. The van der Waals surface area contributed by atoms with Crippen molar-refractivity contribution in [3.63, 3.8) is 0 Å². The number of carbonyl (C=O) groups excluding carboxylic acids is 2. The highest BCUT2D eigenvalue weighted by Crippen LogP contribution is 2.40. The van der Waals surface area contributed by atoms with E-state index in [2.05, 4.69) is 5.10 Å². The van der Waals surface area contributed by atoms with Gasteiger partial charge in [0.1, 0.15) is 13.2 Å². The molecule has 2 aromatic rings. The number of anilines is 1. The maximum Gasteiger partial charge on any atom is 0.300 e. The number of fused-ring (bicyclic) bond motifs is 2. The third kappa shape index (κ3) is 2.74. The molecule has 0 spiro atoms. The Morgan fingerprint density at radius 1 is 1.20 bits per heavy atom. The molecular formula is C17H18N4O4. The highest BCUT2D eigenvalue weighted by atomic mass is 16.6. The van der Waals surface area contributed by atoms with E-state index in [1.54, 1.807) is 23.0 Å². The minimum atomic E-state index is -0.532. The molecule has 0 radical (unpaired) electrons. The van der Waals surface area contributed by atoms with E-state index < -0.39 is 11.7 Å². The van der Waals surface area contributed by atoms with Crippen molar-refractivity contribution in [1.82, 2.24) is 14.7 Å². The molecule has 1 aromatic heterocycles. The summed E-state index contributed by atoms with van der Waals surface area (Å²) in [7, 11) is 3.74. The standard InChI is InChI=1S/C17H18N4O4/c1-19(8-11-7-18-20(2)9-11)10-21-13-6-15-14(24-3-4-25-15)5-12(13)16(22)17(21)23/h5-7,9H,3-4,8,10H2,1-2H3. The Bertz CT molecular complexity index is 860. The molecule has 0 unspecified atom stereocenters. The minimum Gasteiger partial charge on any atom is -0.486 e. The van der Waals surface area contributed by atoms with Gasteiger partial charge in [-0.25, -0.2) is 0 Å². The maximum atomic E-state index is 12.4. The molecule has 8 heteroatoms. The fourth-order valence-corrected chi connectivity index (χ4v) is 3.13. The zero-order valence-corrected chi connectivity index (χ0v) is 14.1. The van der Waals surface area contributed by atoms with Gasteiger partial charge in [0.2, 0.25) is 0 Å². The van der Waals surface area contributed by atoms with Crippen molar-refractivity contribution in [2.24, 2.45) is 7.05 Å². The molecule has 0 atom stereocenters. The van der Waals surface area contributed by atoms with Gasteiger partial charge in [0.15, 0.2) is 11.5 Å². The number of amides is 1. The van der Waals surface area contributed by atoms with Gasteiger partial charge in [-0.2, -0.15) is 5.10 Å². The maximum absolute atomic E-state index is 12.4. The average molecular weight is 342 g/mol. The van der Waals surface area contributed by atoms with Crippen molar-refractivity contribution in [2.75, 3.05) is 31.8 Å². The van der Waals surface area contributed by atoms with Gasteiger partial charge < -0.3 is 9.47 Å². The number of aromatic nitrogens is 2. The molecule has 0 bridgehead atoms. The second kappa shape index (κ2) is 5.89. The molecule has 2 aliphatic rings. The average Bonchev–Trinajstić information content (AvgIpc) is 3.10. The van der Waals surface area contributed by atoms with Crippen LogP contribution in [0.3, 0.4) is 0 Å². The molecule has 3 heterocycles. The highest BCUT2D eigenvalue weighted by Gasteiger charge is 2.38. The molecule has 0 N–H and O–H groups in total. The topological polar surface area (TPSA) is 76.9 Å². The summed E-state index contributed by atoms with van der Waals surface area (Å²) < 4.78 is 12.8. The van der Waals surface area contributed by atoms with Crippen LogP contribution in [0.2, 0.25) is 0 Å². The summed E-state index contributed by atoms with van der Waals surface area (Å²) in [6.07, 6.45) is 3.70. The Balaban J connectivity index is 1.58. The van der Waals surface area contributed by atoms with E-state index in [0.29, 0.717) is 49.2 Å². The fraction of sp³-hybridized carbons (Fsp3) is 0.353. The van der Waals surface area contributed by atoms with Crippen LogP contribution in [0.25, 0.3) is 0 Å². The van der Waals surface area contributed by atoms with Gasteiger partial charge in [-0.15, -0.1) is 0 Å². The van der Waals surface area contributed by atoms with E-state index in [-0.39, 0.29) is 0 Å². The third-order valence-electron chi connectivity index (χ3n) is 4.23. The first-order valence-corrected chi connectivity index (χ1v) is 7.99. The highest BCUT2D eigenvalue weighted by molar-refractivity contribution is 6.52. The lowest BCUT2D eigenvalue weighted by atomic mass is 10.1. The van der Waals surface area contributed by atoms with Gasteiger partial charge in [0.25, 0.3) is 5.78 Å². The molecule has 0 saturated heterocycles. The van der Waals surface area contributed by atoms with Gasteiger partial charge in [-0.05, 0) is 13.1 Å². The third-order valence-corrected chi connectivity index (χ3v) is 4.23. The SMILES string of the molecule is CN(Cc1cnn(C)c1)CN1C(=O)C(=O)c2cc3c(cc21)OCCO3. The molecular weight excluding hydrogens is 324 g/mol. The number of nitrogens with zero attached hydrogens (tertiary/aromatic N) is 4. The van der Waals surface area contributed by atoms with Crippen LogP contribution < -0.4 is 14.4 Å². The predicted molar refractivity (Wildman–Crippen MR) is 88.8 cm³/mol. The van der Waals surface area contributed by atoms with Crippen molar-refractivity contribution in [1.29, 1.82) is 0 Å². The molecule has 8 nitrogen and oxygen atoms in total. The van der Waals surface area contributed by atoms with Gasteiger partial charge in [0.05, 0.1) is 24.1 Å². The van der Waals surface area contributed by atoms with Crippen molar-refractivity contribution >= 4 is 17.4 Å². The van der Waals surface area contributed by atoms with Gasteiger partial charge in [0, 0.05) is 31.4 Å². The lowest BCUT2D eigenvalue weighted by Crippen LogP contribution is -2.38. The number of Topliss-reactive ketones (excluding diaryl/α,β-unsaturated/α-hetero) is 1. The van der Waals surface area contributed by atoms with E-state index in [4.69, 9.17) is 9.47 Å². The van der Waals surface area contributed by atoms with Crippen LogP contribution in [0.4, 0.5) is 5.69 Å². The molecule has 1 aromatic carbocycles. The fourth-order valence-electron chi connectivity index (χ4n) is 3.13. The quantitative estimate of drug-likeness (QED) is 0.766. The smallest absolute Gasteiger partial charge is 0.300 e. The molecule has 25 heavy (non-hydrogen) atoms. The number of ether oxygens (including phenoxy) is 2. The molecule has 0 saturated carbocycles. The van der Waals surface area contributed by atoms with E-state index in [9.17, 15) is 9.59 Å². The first kappa shape index (κ1) is 15.6. The van der Waals surface area contributed by atoms with Crippen LogP contribution in [-0.2, 0) is 18.4 Å². The summed E-state index contributed by atoms with van der Waals surface area (Å²) in [6.45, 7) is 1.80. The van der Waals surface area contributed by atoms with Crippen molar-refractivity contribution in [3.8, 4) is 11.5 Å². The largest absolute Gasteiger partial charge is 0.486 e. The minimum absolute atomic E-state index is 0.298. The van der Waals surface area contributed by atoms with Gasteiger partial charge >= 0.3 is 5.91 Å². The number of carbonyl (C=O) groups is 2. The summed E-state index contributed by atoms with van der Waals surface area (Å²) in [5.74, 6) is 0.0289. The summed E-state index contributed by atoms with van der Waals surface area (Å²) in [5.41, 5.74) is 1.96. The van der Waals surface area contributed by atoms with Crippen molar-refractivity contribution < 1.29 is 19.1 Å². The van der Waals surface area contributed by atoms with E-state index in [1.807, 2.05) is 25.2 Å². The van der Waals surface area contributed by atoms with E-state index in [0.717, 1.165) is 5.56 Å². The summed E-state index contributed by atoms with van der Waals surface area (Å²) in [5, 5.41) is 4.14. The first-order chi connectivity index (χ1) is 12.0. The van der Waals surface area contributed by atoms with Gasteiger partial charge in [-0.3, -0.25) is 24.1 Å². The summed E-state index contributed by atoms with van der Waals surface area (Å²) in [6, 6.07) is 3.32. The second-order valence-corrected chi connectivity index (χ2v) is 6.25. The lowest BCUT2D eigenvalue weighted by molar-refractivity contribution is -0.114. The zero-order valence-electron chi connectivity index (χ0n) is 14.1. The molecule has 130 valence electrons. The van der Waals surface area contributed by atoms with E-state index in [1.165, 1.54) is 4.90 Å². The van der Waals surface area contributed by atoms with Crippen LogP contribution in [-0.4, -0.2) is 53.3 Å². The number of ketones is 1. The molecule has 0 fully saturated rings. The Morgan fingerprint density at radius 3 is 2.60 bits per heavy atom. The number of hydrogen-bond donors (Lipinski definition) is 0. The van der Waals surface area contributed by atoms with E-state index >= 15 is 0 Å². The van der Waals surface area contributed by atoms with Crippen molar-refractivity contribution in [2.45, 2.75) is 6.54 Å². The van der Waals surface area contributed by atoms with Crippen LogP contribution in [0.5, 0.6) is 11.5 Å². The molecule has 4 rings (SSSR count). The zero-order chi connectivity index (χ0) is 17.6. The second-order valence-electron chi connectivity index (χ2n) is 6.25. The number of hydrogen-bond acceptors (Lipinski definition) is 6. The molecule has 1 amide bonds. The number of aryl methyl sites for hydroxylation is 1. The normalized spacial score (nSPS) is 15.9. The number of benzene rings is 1. The predicted octanol–water partition coefficient (Wildman–Crippen LogP) is 0.810. The van der Waals surface area contributed by atoms with Crippen LogP contribution in [0, 0.1) is 0 Å². The van der Waals surface area contributed by atoms with Crippen molar-refractivity contribution in [3.05, 3.63) is 35.7 Å². The van der Waals surface area contributed by atoms with Crippen LogP contribution >= 0.6 is 0 Å². The van der Waals surface area contributed by atoms with Gasteiger partial charge in [-0.1, -0.05) is 0 Å².